The molecule has 4 aromatic rings. The van der Waals surface area contributed by atoms with Crippen molar-refractivity contribution in [3.05, 3.63) is 89.2 Å². The minimum absolute atomic E-state index is 0.00903. The Morgan fingerprint density at radius 1 is 0.957 bits per heavy atom. The number of rotatable bonds is 9. The van der Waals surface area contributed by atoms with E-state index < -0.39 is 29.7 Å². The number of aromatic nitrogens is 4. The van der Waals surface area contributed by atoms with Gasteiger partial charge in [0, 0.05) is 35.9 Å². The van der Waals surface area contributed by atoms with Gasteiger partial charge in [-0.1, -0.05) is 23.7 Å². The van der Waals surface area contributed by atoms with Crippen LogP contribution in [0.1, 0.15) is 15.9 Å². The number of methoxy groups -OCH3 is 1. The summed E-state index contributed by atoms with van der Waals surface area (Å²) in [6.07, 6.45) is 1.32. The number of carbonyl (C=O) groups excluding carboxylic acids is 5. The van der Waals surface area contributed by atoms with Crippen molar-refractivity contribution in [2.45, 2.75) is 12.5 Å². The summed E-state index contributed by atoms with van der Waals surface area (Å²) in [6.45, 7) is 1.59. The van der Waals surface area contributed by atoms with Crippen LogP contribution in [0.3, 0.4) is 0 Å². The number of ether oxygens (including phenoxy) is 1. The molecule has 1 fully saturated rings. The van der Waals surface area contributed by atoms with Gasteiger partial charge in [0.25, 0.3) is 0 Å². The lowest BCUT2D eigenvalue weighted by Crippen LogP contribution is -2.49. The van der Waals surface area contributed by atoms with Crippen molar-refractivity contribution in [1.29, 1.82) is 0 Å². The van der Waals surface area contributed by atoms with Crippen LogP contribution in [0.2, 0.25) is 5.02 Å². The summed E-state index contributed by atoms with van der Waals surface area (Å²) >= 11 is 6.13. The number of nitrogens with zero attached hydrogens (tertiary/aromatic N) is 6. The van der Waals surface area contributed by atoms with Gasteiger partial charge in [-0.15, -0.1) is 5.10 Å². The summed E-state index contributed by atoms with van der Waals surface area (Å²) < 4.78 is 5.99. The Balaban J connectivity index is 1.33. The predicted molar refractivity (Wildman–Crippen MR) is 171 cm³/mol. The van der Waals surface area contributed by atoms with Crippen LogP contribution in [-0.2, 0) is 30.3 Å². The van der Waals surface area contributed by atoms with E-state index in [4.69, 9.17) is 16.3 Å². The van der Waals surface area contributed by atoms with E-state index in [9.17, 15) is 24.0 Å². The van der Waals surface area contributed by atoms with E-state index in [1.54, 1.807) is 41.3 Å². The zero-order chi connectivity index (χ0) is 33.5. The van der Waals surface area contributed by atoms with Gasteiger partial charge in [0.15, 0.2) is 0 Å². The van der Waals surface area contributed by atoms with E-state index >= 15 is 0 Å². The quantitative estimate of drug-likeness (QED) is 0.177. The van der Waals surface area contributed by atoms with Crippen LogP contribution in [0, 0.1) is 0 Å². The molecule has 1 aromatic heterocycles. The van der Waals surface area contributed by atoms with E-state index in [-0.39, 0.29) is 28.6 Å². The fourth-order valence-electron chi connectivity index (χ4n) is 4.84. The molecular weight excluding hydrogens is 630 g/mol. The fraction of sp³-hybridized carbons (Fsp3) is 0.226. The van der Waals surface area contributed by atoms with Crippen LogP contribution < -0.4 is 20.9 Å². The van der Waals surface area contributed by atoms with Gasteiger partial charge >= 0.3 is 17.8 Å². The monoisotopic (exact) mass is 659 g/mol. The number of anilines is 3. The van der Waals surface area contributed by atoms with E-state index in [1.807, 2.05) is 11.9 Å². The fourth-order valence-corrected chi connectivity index (χ4v) is 5.01. The Morgan fingerprint density at radius 3 is 2.36 bits per heavy atom. The minimum Gasteiger partial charge on any atom is -0.465 e. The molecule has 16 heteroatoms. The largest absolute Gasteiger partial charge is 0.465 e. The number of carbonyl (C=O) groups is 5. The van der Waals surface area contributed by atoms with Crippen molar-refractivity contribution in [1.82, 2.24) is 30.4 Å². The molecule has 1 atom stereocenters. The Bertz CT molecular complexity index is 1780. The van der Waals surface area contributed by atoms with E-state index in [0.717, 1.165) is 6.54 Å². The highest BCUT2D eigenvalue weighted by Gasteiger charge is 2.27. The zero-order valence-corrected chi connectivity index (χ0v) is 26.1. The van der Waals surface area contributed by atoms with Gasteiger partial charge in [-0.3, -0.25) is 24.1 Å². The minimum atomic E-state index is -1.21. The van der Waals surface area contributed by atoms with Crippen LogP contribution in [0.15, 0.2) is 73.1 Å². The first-order chi connectivity index (χ1) is 22.6. The molecule has 1 saturated heterocycles. The number of benzene rings is 3. The van der Waals surface area contributed by atoms with Crippen LogP contribution >= 0.6 is 11.6 Å². The maximum absolute atomic E-state index is 13.5. The zero-order valence-electron chi connectivity index (χ0n) is 25.3. The summed E-state index contributed by atoms with van der Waals surface area (Å²) in [6, 6.07) is 16.4. The van der Waals surface area contributed by atoms with Crippen molar-refractivity contribution in [2.75, 3.05) is 49.3 Å². The third-order valence-corrected chi connectivity index (χ3v) is 7.54. The smallest absolute Gasteiger partial charge is 0.337 e. The molecule has 0 aliphatic carbocycles. The summed E-state index contributed by atoms with van der Waals surface area (Å²) in [5.41, 5.74) is 2.51. The number of hydrogen-bond donors (Lipinski definition) is 3. The van der Waals surface area contributed by atoms with E-state index in [1.165, 1.54) is 48.5 Å². The average Bonchev–Trinajstić information content (AvgIpc) is 3.60. The Hall–Kier alpha value is -5.67. The van der Waals surface area contributed by atoms with Gasteiger partial charge in [-0.05, 0) is 77.6 Å². The second-order valence-corrected chi connectivity index (χ2v) is 11.0. The summed E-state index contributed by atoms with van der Waals surface area (Å²) in [5, 5.41) is 19.0. The topological polar surface area (TPSA) is 181 Å². The number of piperazine rings is 1. The highest BCUT2D eigenvalue weighted by molar-refractivity contribution is 6.40. The molecular formula is C31H30ClN9O6. The molecule has 0 unspecified atom stereocenters. The number of halogens is 1. The number of amides is 4. The van der Waals surface area contributed by atoms with Gasteiger partial charge in [0.1, 0.15) is 12.4 Å². The molecule has 0 saturated carbocycles. The molecule has 3 N–H and O–H groups in total. The standard InChI is InChI=1S/C31H30ClN9O6/c1-39-13-14-40(27(42)17-39)23-10-3-19(4-11-23)15-25(28(43)34-22-8-5-20(6-9-22)31(46)47-2)36-30(45)29(44)35-24-16-21(32)7-12-26(24)41-18-33-37-38-41/h3-12,16,18,25H,13-15,17H2,1-2H3,(H,34,43)(H,35,44)(H,36,45)/t25-/m0/s1. The average molecular weight is 660 g/mol. The number of hydrogen-bond acceptors (Lipinski definition) is 10. The van der Waals surface area contributed by atoms with Gasteiger partial charge < -0.3 is 25.6 Å². The molecule has 47 heavy (non-hydrogen) atoms. The SMILES string of the molecule is COC(=O)c1ccc(NC(=O)[C@H](Cc2ccc(N3CCN(C)CC3=O)cc2)NC(=O)C(=O)Nc2cc(Cl)ccc2-n2cnnn2)cc1. The van der Waals surface area contributed by atoms with Crippen molar-refractivity contribution in [3.8, 4) is 5.69 Å². The van der Waals surface area contributed by atoms with Gasteiger partial charge in [-0.2, -0.15) is 4.68 Å². The first-order valence-electron chi connectivity index (χ1n) is 14.3. The van der Waals surface area contributed by atoms with Crippen LogP contribution in [-0.4, -0.2) is 94.5 Å². The lowest BCUT2D eigenvalue weighted by Gasteiger charge is -2.32. The molecule has 242 valence electrons. The van der Waals surface area contributed by atoms with Crippen molar-refractivity contribution >= 4 is 58.3 Å². The Kier molecular flexibility index (Phi) is 10.2. The van der Waals surface area contributed by atoms with E-state index in [2.05, 4.69) is 31.5 Å². The molecule has 3 aromatic carbocycles. The Labute approximate surface area is 273 Å². The number of nitrogens with one attached hydrogen (secondary N) is 3. The maximum atomic E-state index is 13.5. The van der Waals surface area contributed by atoms with Crippen molar-refractivity contribution in [3.63, 3.8) is 0 Å². The second kappa shape index (κ2) is 14.6. The lowest BCUT2D eigenvalue weighted by molar-refractivity contribution is -0.137. The molecule has 0 radical (unpaired) electrons. The summed E-state index contributed by atoms with van der Waals surface area (Å²) in [5.74, 6) is -3.33. The molecule has 1 aliphatic heterocycles. The normalized spacial score (nSPS) is 13.9. The van der Waals surface area contributed by atoms with Gasteiger partial charge in [0.05, 0.1) is 30.6 Å². The third-order valence-electron chi connectivity index (χ3n) is 7.30. The third kappa shape index (κ3) is 8.14. The van der Waals surface area contributed by atoms with Gasteiger partial charge in [0.2, 0.25) is 11.8 Å². The molecule has 15 nitrogen and oxygen atoms in total. The highest BCUT2D eigenvalue weighted by atomic mass is 35.5. The van der Waals surface area contributed by atoms with Crippen LogP contribution in [0.5, 0.6) is 0 Å². The van der Waals surface area contributed by atoms with Gasteiger partial charge in [-0.25, -0.2) is 4.79 Å². The van der Waals surface area contributed by atoms with Crippen molar-refractivity contribution in [2.24, 2.45) is 0 Å². The van der Waals surface area contributed by atoms with Crippen LogP contribution in [0.4, 0.5) is 17.1 Å². The lowest BCUT2D eigenvalue weighted by atomic mass is 10.0. The molecule has 1 aliphatic rings. The first-order valence-corrected chi connectivity index (χ1v) is 14.7. The second-order valence-electron chi connectivity index (χ2n) is 10.6. The molecule has 0 spiro atoms. The maximum Gasteiger partial charge on any atom is 0.337 e. The summed E-state index contributed by atoms with van der Waals surface area (Å²) in [7, 11) is 3.14. The molecule has 0 bridgehead atoms. The summed E-state index contributed by atoms with van der Waals surface area (Å²) in [4.78, 5) is 67.7. The van der Waals surface area contributed by atoms with E-state index in [0.29, 0.717) is 35.7 Å². The first kappa shape index (κ1) is 32.7. The number of likely N-dealkylation sites (N-methyl/N-ethyl adjacent to an activating group) is 1. The van der Waals surface area contributed by atoms with Crippen LogP contribution in [0.25, 0.3) is 5.69 Å². The highest BCUT2D eigenvalue weighted by Crippen LogP contribution is 2.24. The molecule has 2 heterocycles. The number of tetrazole rings is 1. The predicted octanol–water partition coefficient (Wildman–Crippen LogP) is 1.69. The molecule has 5 rings (SSSR count). The molecule has 4 amide bonds. The number of esters is 1. The Morgan fingerprint density at radius 2 is 1.70 bits per heavy atom. The van der Waals surface area contributed by atoms with Crippen molar-refractivity contribution < 1.29 is 28.7 Å².